The summed E-state index contributed by atoms with van der Waals surface area (Å²) in [4.78, 5) is 0. The molecule has 2 N–H and O–H groups in total. The third kappa shape index (κ3) is 9.84. The topological polar surface area (TPSA) is 53.7 Å². The average Bonchev–Trinajstić information content (AvgIpc) is 2.10. The third-order valence-corrected chi connectivity index (χ3v) is 1.30. The Morgan fingerprint density at radius 3 is 2.08 bits per heavy atom. The molecular weight excluding hydrogens is 158 g/mol. The molecule has 0 rings (SSSR count). The summed E-state index contributed by atoms with van der Waals surface area (Å²) in [5.41, 5.74) is 5.28. The first-order valence-corrected chi connectivity index (χ1v) is 4.26. The molecule has 0 aromatic heterocycles. The van der Waals surface area contributed by atoms with Crippen molar-refractivity contribution in [2.24, 2.45) is 5.73 Å². The van der Waals surface area contributed by atoms with Crippen LogP contribution >= 0.6 is 0 Å². The molecule has 0 aliphatic heterocycles. The zero-order valence-electron chi connectivity index (χ0n) is 7.75. The van der Waals surface area contributed by atoms with Gasteiger partial charge in [-0.2, -0.15) is 0 Å². The Hall–Kier alpha value is -0.160. The molecular formula is C8H19NO3. The van der Waals surface area contributed by atoms with Gasteiger partial charge in [0.2, 0.25) is 0 Å². The minimum atomic E-state index is 0.633. The molecule has 0 aliphatic carbocycles. The zero-order valence-corrected chi connectivity index (χ0v) is 7.75. The molecule has 0 unspecified atom stereocenters. The van der Waals surface area contributed by atoms with E-state index in [0.29, 0.717) is 33.0 Å². The van der Waals surface area contributed by atoms with E-state index in [0.717, 1.165) is 13.0 Å². The van der Waals surface area contributed by atoms with Crippen LogP contribution in [0.1, 0.15) is 6.42 Å². The predicted octanol–water partition coefficient (Wildman–Crippen LogP) is 0.0148. The lowest BCUT2D eigenvalue weighted by Gasteiger charge is -2.04. The highest BCUT2D eigenvalue weighted by Crippen LogP contribution is 1.81. The number of rotatable bonds is 9. The van der Waals surface area contributed by atoms with Crippen molar-refractivity contribution >= 4 is 0 Å². The van der Waals surface area contributed by atoms with E-state index in [1.165, 1.54) is 0 Å². The van der Waals surface area contributed by atoms with Gasteiger partial charge in [-0.05, 0) is 13.0 Å². The Morgan fingerprint density at radius 2 is 1.50 bits per heavy atom. The molecule has 0 bridgehead atoms. The van der Waals surface area contributed by atoms with Crippen LogP contribution in [0.4, 0.5) is 0 Å². The Balaban J connectivity index is 2.73. The maximum Gasteiger partial charge on any atom is 0.0701 e. The monoisotopic (exact) mass is 177 g/mol. The molecule has 0 aromatic carbocycles. The van der Waals surface area contributed by atoms with E-state index in [9.17, 15) is 0 Å². The standard InChI is InChI=1S/C8H19NO3/c1-10-5-6-12-8-7-11-4-2-3-9/h2-9H2,1H3. The first-order valence-electron chi connectivity index (χ1n) is 4.26. The van der Waals surface area contributed by atoms with Gasteiger partial charge in [0.05, 0.1) is 26.4 Å². The molecule has 12 heavy (non-hydrogen) atoms. The van der Waals surface area contributed by atoms with Gasteiger partial charge in [-0.25, -0.2) is 0 Å². The molecule has 0 aliphatic rings. The third-order valence-electron chi connectivity index (χ3n) is 1.30. The SMILES string of the molecule is COCCOCCOCCCN. The Morgan fingerprint density at radius 1 is 0.917 bits per heavy atom. The van der Waals surface area contributed by atoms with E-state index in [4.69, 9.17) is 19.9 Å². The van der Waals surface area contributed by atoms with E-state index in [1.54, 1.807) is 7.11 Å². The number of hydrogen-bond acceptors (Lipinski definition) is 4. The van der Waals surface area contributed by atoms with Crippen molar-refractivity contribution < 1.29 is 14.2 Å². The zero-order chi connectivity index (χ0) is 9.07. The molecule has 0 aromatic rings. The van der Waals surface area contributed by atoms with E-state index >= 15 is 0 Å². The van der Waals surface area contributed by atoms with Crippen molar-refractivity contribution in [3.63, 3.8) is 0 Å². The van der Waals surface area contributed by atoms with Crippen molar-refractivity contribution in [1.29, 1.82) is 0 Å². The van der Waals surface area contributed by atoms with Crippen molar-refractivity contribution in [3.05, 3.63) is 0 Å². The first kappa shape index (κ1) is 11.8. The molecule has 0 amide bonds. The van der Waals surface area contributed by atoms with E-state index in [-0.39, 0.29) is 0 Å². The Bertz CT molecular complexity index is 70.7. The van der Waals surface area contributed by atoms with Crippen molar-refractivity contribution in [2.45, 2.75) is 6.42 Å². The van der Waals surface area contributed by atoms with E-state index < -0.39 is 0 Å². The van der Waals surface area contributed by atoms with Crippen LogP contribution in [0.25, 0.3) is 0 Å². The number of methoxy groups -OCH3 is 1. The fourth-order valence-electron chi connectivity index (χ4n) is 0.650. The van der Waals surface area contributed by atoms with E-state index in [1.807, 2.05) is 0 Å². The molecule has 0 fully saturated rings. The highest BCUT2D eigenvalue weighted by Gasteiger charge is 1.88. The molecule has 4 nitrogen and oxygen atoms in total. The highest BCUT2D eigenvalue weighted by molar-refractivity contribution is 4.36. The van der Waals surface area contributed by atoms with E-state index in [2.05, 4.69) is 0 Å². The van der Waals surface area contributed by atoms with Gasteiger partial charge >= 0.3 is 0 Å². The maximum absolute atomic E-state index is 5.28. The van der Waals surface area contributed by atoms with Crippen molar-refractivity contribution in [1.82, 2.24) is 0 Å². The lowest BCUT2D eigenvalue weighted by atomic mass is 10.5. The summed E-state index contributed by atoms with van der Waals surface area (Å²) in [5, 5.41) is 0. The summed E-state index contributed by atoms with van der Waals surface area (Å²) in [6.07, 6.45) is 0.915. The summed E-state index contributed by atoms with van der Waals surface area (Å²) >= 11 is 0. The molecule has 0 atom stereocenters. The Kier molecular flexibility index (Phi) is 10.7. The van der Waals surface area contributed by atoms with Gasteiger partial charge in [-0.1, -0.05) is 0 Å². The lowest BCUT2D eigenvalue weighted by molar-refractivity contribution is 0.0247. The largest absolute Gasteiger partial charge is 0.382 e. The Labute approximate surface area is 74.0 Å². The van der Waals surface area contributed by atoms with Crippen LogP contribution in [0, 0.1) is 0 Å². The van der Waals surface area contributed by atoms with Gasteiger partial charge in [0.15, 0.2) is 0 Å². The van der Waals surface area contributed by atoms with Crippen LogP contribution in [-0.4, -0.2) is 46.7 Å². The smallest absolute Gasteiger partial charge is 0.0701 e. The first-order chi connectivity index (χ1) is 5.91. The van der Waals surface area contributed by atoms with Gasteiger partial charge in [0, 0.05) is 13.7 Å². The van der Waals surface area contributed by atoms with Crippen LogP contribution in [0.15, 0.2) is 0 Å². The van der Waals surface area contributed by atoms with Crippen LogP contribution < -0.4 is 5.73 Å². The predicted molar refractivity (Wildman–Crippen MR) is 47.2 cm³/mol. The van der Waals surface area contributed by atoms with Crippen LogP contribution in [-0.2, 0) is 14.2 Å². The van der Waals surface area contributed by atoms with Gasteiger partial charge in [-0.3, -0.25) is 0 Å². The highest BCUT2D eigenvalue weighted by atomic mass is 16.5. The van der Waals surface area contributed by atoms with Crippen molar-refractivity contribution in [2.75, 3.05) is 46.7 Å². The summed E-state index contributed by atoms with van der Waals surface area (Å²) in [5.74, 6) is 0. The quantitative estimate of drug-likeness (QED) is 0.504. The summed E-state index contributed by atoms with van der Waals surface area (Å²) < 4.78 is 15.2. The second-order valence-electron chi connectivity index (χ2n) is 2.36. The second kappa shape index (κ2) is 10.8. The van der Waals surface area contributed by atoms with Gasteiger partial charge in [-0.15, -0.1) is 0 Å². The maximum atomic E-state index is 5.28. The van der Waals surface area contributed by atoms with Crippen molar-refractivity contribution in [3.8, 4) is 0 Å². The molecule has 0 radical (unpaired) electrons. The van der Waals surface area contributed by atoms with Crippen LogP contribution in [0.5, 0.6) is 0 Å². The molecule has 4 heteroatoms. The normalized spacial score (nSPS) is 10.5. The van der Waals surface area contributed by atoms with Gasteiger partial charge in [0.1, 0.15) is 0 Å². The molecule has 0 spiro atoms. The number of nitrogens with two attached hydrogens (primary N) is 1. The average molecular weight is 177 g/mol. The van der Waals surface area contributed by atoms with Crippen LogP contribution in [0.2, 0.25) is 0 Å². The number of hydrogen-bond donors (Lipinski definition) is 1. The second-order valence-corrected chi connectivity index (χ2v) is 2.36. The summed E-state index contributed by atoms with van der Waals surface area (Å²) in [6, 6.07) is 0. The molecule has 74 valence electrons. The fourth-order valence-corrected chi connectivity index (χ4v) is 0.650. The summed E-state index contributed by atoms with van der Waals surface area (Å²) in [6.45, 7) is 3.96. The molecule has 0 saturated carbocycles. The lowest BCUT2D eigenvalue weighted by Crippen LogP contribution is -2.10. The molecule has 0 heterocycles. The molecule has 0 saturated heterocycles. The van der Waals surface area contributed by atoms with Gasteiger partial charge in [0.25, 0.3) is 0 Å². The van der Waals surface area contributed by atoms with Gasteiger partial charge < -0.3 is 19.9 Å². The minimum Gasteiger partial charge on any atom is -0.382 e. The minimum absolute atomic E-state index is 0.633. The summed E-state index contributed by atoms with van der Waals surface area (Å²) in [7, 11) is 1.65. The fraction of sp³-hybridized carbons (Fsp3) is 1.00. The van der Waals surface area contributed by atoms with Crippen LogP contribution in [0.3, 0.4) is 0 Å². The number of ether oxygens (including phenoxy) is 3.